The summed E-state index contributed by atoms with van der Waals surface area (Å²) in [5, 5.41) is 9.59. The van der Waals surface area contributed by atoms with Gasteiger partial charge in [-0.25, -0.2) is 0 Å². The highest BCUT2D eigenvalue weighted by Crippen LogP contribution is 2.15. The highest BCUT2D eigenvalue weighted by molar-refractivity contribution is 5.06. The third-order valence-electron chi connectivity index (χ3n) is 1.86. The van der Waals surface area contributed by atoms with Gasteiger partial charge in [0.25, 0.3) is 0 Å². The Bertz CT molecular complexity index is 210. The molecule has 1 heterocycles. The summed E-state index contributed by atoms with van der Waals surface area (Å²) in [6.07, 6.45) is 4.31. The van der Waals surface area contributed by atoms with Crippen LogP contribution in [0.25, 0.3) is 0 Å². The molecule has 0 spiro atoms. The Labute approximate surface area is 73.3 Å². The summed E-state index contributed by atoms with van der Waals surface area (Å²) < 4.78 is 0. The second-order valence-corrected chi connectivity index (χ2v) is 2.91. The van der Waals surface area contributed by atoms with Gasteiger partial charge in [-0.1, -0.05) is 25.8 Å². The summed E-state index contributed by atoms with van der Waals surface area (Å²) in [7, 11) is 0. The van der Waals surface area contributed by atoms with E-state index in [0.717, 1.165) is 25.0 Å². The molecule has 0 fully saturated rings. The molecule has 0 aliphatic carbocycles. The fraction of sp³-hybridized carbons (Fsp3) is 0.500. The Balaban J connectivity index is 2.48. The molecule has 0 bridgehead atoms. The van der Waals surface area contributed by atoms with Crippen molar-refractivity contribution >= 4 is 0 Å². The summed E-state index contributed by atoms with van der Waals surface area (Å²) in [5.74, 6) is 0. The molecule has 0 unspecified atom stereocenters. The van der Waals surface area contributed by atoms with E-state index in [1.807, 2.05) is 18.2 Å². The lowest BCUT2D eigenvalue weighted by molar-refractivity contribution is 0.159. The third kappa shape index (κ3) is 2.62. The van der Waals surface area contributed by atoms with Crippen molar-refractivity contribution in [3.8, 4) is 0 Å². The van der Waals surface area contributed by atoms with Gasteiger partial charge in [-0.05, 0) is 18.6 Å². The van der Waals surface area contributed by atoms with Crippen molar-refractivity contribution < 1.29 is 5.11 Å². The molecule has 1 N–H and O–H groups in total. The molecular formula is C10H15NO. The van der Waals surface area contributed by atoms with Crippen LogP contribution in [0.1, 0.15) is 38.0 Å². The van der Waals surface area contributed by atoms with Crippen molar-refractivity contribution in [2.24, 2.45) is 0 Å². The first kappa shape index (κ1) is 9.20. The number of nitrogens with zero attached hydrogens (tertiary/aromatic N) is 1. The minimum atomic E-state index is -0.383. The lowest BCUT2D eigenvalue weighted by Crippen LogP contribution is -1.99. The maximum absolute atomic E-state index is 9.59. The number of rotatable bonds is 4. The first-order chi connectivity index (χ1) is 5.84. The van der Waals surface area contributed by atoms with Crippen LogP contribution in [0.3, 0.4) is 0 Å². The SMILES string of the molecule is CCCC[C@@H](O)c1ccccn1. The first-order valence-corrected chi connectivity index (χ1v) is 4.43. The van der Waals surface area contributed by atoms with Crippen LogP contribution in [0, 0.1) is 0 Å². The molecule has 1 rings (SSSR count). The van der Waals surface area contributed by atoms with E-state index in [-0.39, 0.29) is 6.10 Å². The van der Waals surface area contributed by atoms with Crippen LogP contribution in [-0.4, -0.2) is 10.1 Å². The topological polar surface area (TPSA) is 33.1 Å². The van der Waals surface area contributed by atoms with Crippen molar-refractivity contribution in [1.29, 1.82) is 0 Å². The normalized spacial score (nSPS) is 12.8. The maximum Gasteiger partial charge on any atom is 0.0959 e. The predicted octanol–water partition coefficient (Wildman–Crippen LogP) is 2.31. The van der Waals surface area contributed by atoms with E-state index in [1.165, 1.54) is 0 Å². The fourth-order valence-corrected chi connectivity index (χ4v) is 1.12. The van der Waals surface area contributed by atoms with Crippen LogP contribution in [0.5, 0.6) is 0 Å². The van der Waals surface area contributed by atoms with Gasteiger partial charge >= 0.3 is 0 Å². The second kappa shape index (κ2) is 4.88. The number of unbranched alkanes of at least 4 members (excludes halogenated alkanes) is 1. The zero-order valence-electron chi connectivity index (χ0n) is 7.40. The zero-order chi connectivity index (χ0) is 8.81. The van der Waals surface area contributed by atoms with Crippen LogP contribution >= 0.6 is 0 Å². The van der Waals surface area contributed by atoms with Crippen molar-refractivity contribution in [2.45, 2.75) is 32.3 Å². The van der Waals surface area contributed by atoms with Gasteiger partial charge in [0.2, 0.25) is 0 Å². The standard InChI is InChI=1S/C10H15NO/c1-2-3-7-10(12)9-6-4-5-8-11-9/h4-6,8,10,12H,2-3,7H2,1H3/t10-/m1/s1. The largest absolute Gasteiger partial charge is 0.387 e. The maximum atomic E-state index is 9.59. The number of aromatic nitrogens is 1. The highest BCUT2D eigenvalue weighted by Gasteiger charge is 2.06. The summed E-state index contributed by atoms with van der Waals surface area (Å²) >= 11 is 0. The van der Waals surface area contributed by atoms with Gasteiger partial charge in [0.1, 0.15) is 0 Å². The van der Waals surface area contributed by atoms with Crippen molar-refractivity contribution in [3.05, 3.63) is 30.1 Å². The molecule has 2 nitrogen and oxygen atoms in total. The van der Waals surface area contributed by atoms with Gasteiger partial charge in [0, 0.05) is 6.20 Å². The molecule has 0 aliphatic rings. The van der Waals surface area contributed by atoms with E-state index in [2.05, 4.69) is 11.9 Å². The lowest BCUT2D eigenvalue weighted by atomic mass is 10.1. The average Bonchev–Trinajstić information content (AvgIpc) is 2.15. The number of aliphatic hydroxyl groups is 1. The molecule has 0 radical (unpaired) electrons. The molecule has 0 saturated carbocycles. The fourth-order valence-electron chi connectivity index (χ4n) is 1.12. The third-order valence-corrected chi connectivity index (χ3v) is 1.86. The van der Waals surface area contributed by atoms with Gasteiger partial charge in [-0.3, -0.25) is 4.98 Å². The number of hydrogen-bond donors (Lipinski definition) is 1. The number of hydrogen-bond acceptors (Lipinski definition) is 2. The molecule has 12 heavy (non-hydrogen) atoms. The van der Waals surface area contributed by atoms with Crippen LogP contribution < -0.4 is 0 Å². The van der Waals surface area contributed by atoms with E-state index < -0.39 is 0 Å². The summed E-state index contributed by atoms with van der Waals surface area (Å²) in [6, 6.07) is 5.62. The minimum absolute atomic E-state index is 0.383. The Hall–Kier alpha value is -0.890. The zero-order valence-corrected chi connectivity index (χ0v) is 7.40. The number of aliphatic hydroxyl groups excluding tert-OH is 1. The minimum Gasteiger partial charge on any atom is -0.387 e. The summed E-state index contributed by atoms with van der Waals surface area (Å²) in [5.41, 5.74) is 0.783. The lowest BCUT2D eigenvalue weighted by Gasteiger charge is -2.07. The molecule has 2 heteroatoms. The van der Waals surface area contributed by atoms with Crippen molar-refractivity contribution in [1.82, 2.24) is 4.98 Å². The Morgan fingerprint density at radius 2 is 2.33 bits per heavy atom. The summed E-state index contributed by atoms with van der Waals surface area (Å²) in [6.45, 7) is 2.12. The molecule has 0 aliphatic heterocycles. The van der Waals surface area contributed by atoms with Crippen molar-refractivity contribution in [2.75, 3.05) is 0 Å². The molecule has 66 valence electrons. The molecule has 0 amide bonds. The van der Waals surface area contributed by atoms with Crippen LogP contribution in [0.2, 0.25) is 0 Å². The van der Waals surface area contributed by atoms with Gasteiger partial charge < -0.3 is 5.11 Å². The first-order valence-electron chi connectivity index (χ1n) is 4.43. The number of pyridine rings is 1. The smallest absolute Gasteiger partial charge is 0.0959 e. The Morgan fingerprint density at radius 1 is 1.50 bits per heavy atom. The molecule has 0 aromatic carbocycles. The Kier molecular flexibility index (Phi) is 3.74. The highest BCUT2D eigenvalue weighted by atomic mass is 16.3. The molecule has 0 saturated heterocycles. The van der Waals surface area contributed by atoms with E-state index >= 15 is 0 Å². The second-order valence-electron chi connectivity index (χ2n) is 2.91. The van der Waals surface area contributed by atoms with Crippen LogP contribution in [0.4, 0.5) is 0 Å². The summed E-state index contributed by atoms with van der Waals surface area (Å²) in [4.78, 5) is 4.08. The monoisotopic (exact) mass is 165 g/mol. The molecular weight excluding hydrogens is 150 g/mol. The quantitative estimate of drug-likeness (QED) is 0.742. The van der Waals surface area contributed by atoms with Crippen LogP contribution in [-0.2, 0) is 0 Å². The van der Waals surface area contributed by atoms with E-state index in [4.69, 9.17) is 0 Å². The van der Waals surface area contributed by atoms with E-state index in [1.54, 1.807) is 6.20 Å². The average molecular weight is 165 g/mol. The van der Waals surface area contributed by atoms with Crippen molar-refractivity contribution in [3.63, 3.8) is 0 Å². The van der Waals surface area contributed by atoms with Gasteiger partial charge in [0.05, 0.1) is 11.8 Å². The van der Waals surface area contributed by atoms with Gasteiger partial charge in [-0.2, -0.15) is 0 Å². The van der Waals surface area contributed by atoms with E-state index in [9.17, 15) is 5.11 Å². The van der Waals surface area contributed by atoms with Crippen LogP contribution in [0.15, 0.2) is 24.4 Å². The molecule has 1 atom stereocenters. The van der Waals surface area contributed by atoms with E-state index in [0.29, 0.717) is 0 Å². The van der Waals surface area contributed by atoms with Gasteiger partial charge in [-0.15, -0.1) is 0 Å². The molecule has 1 aromatic heterocycles. The predicted molar refractivity (Wildman–Crippen MR) is 48.7 cm³/mol. The Morgan fingerprint density at radius 3 is 2.92 bits per heavy atom. The molecule has 1 aromatic rings. The van der Waals surface area contributed by atoms with Gasteiger partial charge in [0.15, 0.2) is 0 Å².